The summed E-state index contributed by atoms with van der Waals surface area (Å²) in [7, 11) is -4.04. The third-order valence-corrected chi connectivity index (χ3v) is 6.19. The SMILES string of the molecule is CC(=O)Nc1ccc(S(=O)(=O)Nc2nc(-c3ccc(Cl)c(F)c3)c(Cl)s2)nc1. The van der Waals surface area contributed by atoms with Crippen LogP contribution < -0.4 is 10.0 Å². The number of sulfonamides is 1. The molecule has 0 saturated carbocycles. The molecule has 0 aliphatic heterocycles. The third-order valence-electron chi connectivity index (χ3n) is 3.33. The summed E-state index contributed by atoms with van der Waals surface area (Å²) in [6.45, 7) is 1.32. The number of amides is 1. The number of hydrogen-bond acceptors (Lipinski definition) is 6. The highest BCUT2D eigenvalue weighted by Gasteiger charge is 2.20. The van der Waals surface area contributed by atoms with Gasteiger partial charge in [0, 0.05) is 12.5 Å². The molecule has 0 saturated heterocycles. The molecule has 2 N–H and O–H groups in total. The molecule has 1 aromatic carbocycles. The second-order valence-electron chi connectivity index (χ2n) is 5.44. The number of aromatic nitrogens is 2. The fourth-order valence-electron chi connectivity index (χ4n) is 2.15. The number of nitrogens with one attached hydrogen (secondary N) is 2. The van der Waals surface area contributed by atoms with E-state index < -0.39 is 15.8 Å². The van der Waals surface area contributed by atoms with Gasteiger partial charge in [-0.3, -0.25) is 9.52 Å². The number of anilines is 2. The Labute approximate surface area is 173 Å². The van der Waals surface area contributed by atoms with Crippen LogP contribution in [0.1, 0.15) is 6.92 Å². The van der Waals surface area contributed by atoms with E-state index in [0.29, 0.717) is 11.3 Å². The van der Waals surface area contributed by atoms with E-state index in [4.69, 9.17) is 23.2 Å². The van der Waals surface area contributed by atoms with Gasteiger partial charge in [-0.2, -0.15) is 8.42 Å². The molecule has 0 spiro atoms. The molecule has 28 heavy (non-hydrogen) atoms. The zero-order chi connectivity index (χ0) is 20.5. The van der Waals surface area contributed by atoms with Gasteiger partial charge in [0.25, 0.3) is 10.0 Å². The summed E-state index contributed by atoms with van der Waals surface area (Å²) in [6, 6.07) is 6.67. The first-order valence-electron chi connectivity index (χ1n) is 7.54. The van der Waals surface area contributed by atoms with Gasteiger partial charge in [-0.15, -0.1) is 0 Å². The van der Waals surface area contributed by atoms with Crippen molar-refractivity contribution in [3.8, 4) is 11.3 Å². The van der Waals surface area contributed by atoms with Gasteiger partial charge in [-0.05, 0) is 24.3 Å². The van der Waals surface area contributed by atoms with E-state index in [-0.39, 0.29) is 31.1 Å². The van der Waals surface area contributed by atoms with E-state index in [2.05, 4.69) is 20.0 Å². The quantitative estimate of drug-likeness (QED) is 0.586. The van der Waals surface area contributed by atoms with Gasteiger partial charge in [0.2, 0.25) is 5.91 Å². The van der Waals surface area contributed by atoms with Crippen molar-refractivity contribution in [2.45, 2.75) is 11.9 Å². The van der Waals surface area contributed by atoms with Crippen molar-refractivity contribution < 1.29 is 17.6 Å². The molecular weight excluding hydrogens is 450 g/mol. The number of pyridine rings is 1. The Kier molecular flexibility index (Phi) is 5.84. The van der Waals surface area contributed by atoms with E-state index >= 15 is 0 Å². The number of benzene rings is 1. The standard InChI is InChI=1S/C16H11Cl2FN4O3S2/c1-8(24)21-10-3-5-13(20-7-10)28(25,26)23-16-22-14(15(18)27-16)9-2-4-11(17)12(19)6-9/h2-7H,1H3,(H,21,24)(H,22,23). The van der Waals surface area contributed by atoms with Crippen LogP contribution in [0.5, 0.6) is 0 Å². The number of carbonyl (C=O) groups excluding carboxylic acids is 1. The molecule has 0 fully saturated rings. The van der Waals surface area contributed by atoms with Crippen molar-refractivity contribution in [2.24, 2.45) is 0 Å². The molecule has 0 bridgehead atoms. The molecule has 2 aromatic heterocycles. The van der Waals surface area contributed by atoms with Gasteiger partial charge in [0.1, 0.15) is 15.8 Å². The van der Waals surface area contributed by atoms with Crippen LogP contribution in [0.3, 0.4) is 0 Å². The van der Waals surface area contributed by atoms with Gasteiger partial charge in [0.15, 0.2) is 10.2 Å². The van der Waals surface area contributed by atoms with E-state index in [9.17, 15) is 17.6 Å². The second kappa shape index (κ2) is 8.00. The topological polar surface area (TPSA) is 101 Å². The number of thiazole rings is 1. The average molecular weight is 461 g/mol. The van der Waals surface area contributed by atoms with E-state index in [1.54, 1.807) is 0 Å². The van der Waals surface area contributed by atoms with Crippen molar-refractivity contribution in [1.29, 1.82) is 0 Å². The monoisotopic (exact) mass is 460 g/mol. The highest BCUT2D eigenvalue weighted by molar-refractivity contribution is 7.92. The lowest BCUT2D eigenvalue weighted by atomic mass is 10.2. The molecule has 1 amide bonds. The Morgan fingerprint density at radius 2 is 1.96 bits per heavy atom. The Balaban J connectivity index is 1.85. The second-order valence-corrected chi connectivity index (χ2v) is 9.08. The maximum atomic E-state index is 13.7. The Hall–Kier alpha value is -2.27. The number of rotatable bonds is 5. The van der Waals surface area contributed by atoms with Gasteiger partial charge in [-0.25, -0.2) is 14.4 Å². The van der Waals surface area contributed by atoms with Crippen LogP contribution in [0.15, 0.2) is 41.6 Å². The summed E-state index contributed by atoms with van der Waals surface area (Å²) in [4.78, 5) is 19.0. The normalized spacial score (nSPS) is 11.3. The van der Waals surface area contributed by atoms with Crippen LogP contribution in [-0.2, 0) is 14.8 Å². The lowest BCUT2D eigenvalue weighted by Crippen LogP contribution is -2.14. The molecule has 2 heterocycles. The Morgan fingerprint density at radius 3 is 2.57 bits per heavy atom. The molecule has 3 rings (SSSR count). The minimum atomic E-state index is -4.04. The van der Waals surface area contributed by atoms with E-state index in [0.717, 1.165) is 17.4 Å². The predicted molar refractivity (Wildman–Crippen MR) is 107 cm³/mol. The zero-order valence-electron chi connectivity index (χ0n) is 14.0. The van der Waals surface area contributed by atoms with Gasteiger partial charge in [-0.1, -0.05) is 40.6 Å². The largest absolute Gasteiger partial charge is 0.325 e. The molecule has 12 heteroatoms. The van der Waals surface area contributed by atoms with Gasteiger partial charge >= 0.3 is 0 Å². The first-order valence-corrected chi connectivity index (χ1v) is 10.6. The van der Waals surface area contributed by atoms with Crippen LogP contribution in [0.2, 0.25) is 9.36 Å². The fraction of sp³-hybridized carbons (Fsp3) is 0.0625. The van der Waals surface area contributed by atoms with Crippen LogP contribution in [0.4, 0.5) is 15.2 Å². The fourth-order valence-corrected chi connectivity index (χ4v) is 4.52. The zero-order valence-corrected chi connectivity index (χ0v) is 17.2. The lowest BCUT2D eigenvalue weighted by molar-refractivity contribution is -0.114. The summed E-state index contributed by atoms with van der Waals surface area (Å²) in [5.74, 6) is -0.951. The van der Waals surface area contributed by atoms with E-state index in [1.165, 1.54) is 37.4 Å². The minimum absolute atomic E-state index is 0.0110. The van der Waals surface area contributed by atoms with E-state index in [1.807, 2.05) is 0 Å². The maximum absolute atomic E-state index is 13.7. The van der Waals surface area contributed by atoms with Crippen molar-refractivity contribution in [2.75, 3.05) is 10.0 Å². The molecule has 0 aliphatic rings. The first-order chi connectivity index (χ1) is 13.2. The smallest absolute Gasteiger partial charge is 0.281 e. The van der Waals surface area contributed by atoms with Crippen LogP contribution >= 0.6 is 34.5 Å². The van der Waals surface area contributed by atoms with Crippen LogP contribution in [0.25, 0.3) is 11.3 Å². The van der Waals surface area contributed by atoms with Crippen LogP contribution in [-0.4, -0.2) is 24.3 Å². The number of nitrogens with zero attached hydrogens (tertiary/aromatic N) is 2. The summed E-state index contributed by atoms with van der Waals surface area (Å²) < 4.78 is 41.1. The van der Waals surface area contributed by atoms with Crippen molar-refractivity contribution in [1.82, 2.24) is 9.97 Å². The van der Waals surface area contributed by atoms with Gasteiger partial charge in [0.05, 0.1) is 16.9 Å². The highest BCUT2D eigenvalue weighted by Crippen LogP contribution is 2.36. The number of carbonyl (C=O) groups is 1. The molecular formula is C16H11Cl2FN4O3S2. The average Bonchev–Trinajstić information content (AvgIpc) is 2.97. The molecule has 0 radical (unpaired) electrons. The molecule has 0 atom stereocenters. The maximum Gasteiger partial charge on any atom is 0.281 e. The highest BCUT2D eigenvalue weighted by atomic mass is 35.5. The lowest BCUT2D eigenvalue weighted by Gasteiger charge is -2.06. The molecule has 7 nitrogen and oxygen atoms in total. The summed E-state index contributed by atoms with van der Waals surface area (Å²) >= 11 is 12.7. The minimum Gasteiger partial charge on any atom is -0.325 e. The Morgan fingerprint density at radius 1 is 1.21 bits per heavy atom. The van der Waals surface area contributed by atoms with Crippen LogP contribution in [0, 0.1) is 5.82 Å². The van der Waals surface area contributed by atoms with Crippen molar-refractivity contribution >= 4 is 61.3 Å². The predicted octanol–water partition coefficient (Wildman–Crippen LogP) is 4.41. The summed E-state index contributed by atoms with van der Waals surface area (Å²) in [5.41, 5.74) is 0.927. The van der Waals surface area contributed by atoms with Gasteiger partial charge < -0.3 is 5.32 Å². The number of hydrogen-bond donors (Lipinski definition) is 2. The molecule has 0 aliphatic carbocycles. The number of halogens is 3. The molecule has 3 aromatic rings. The summed E-state index contributed by atoms with van der Waals surface area (Å²) in [6.07, 6.45) is 1.21. The van der Waals surface area contributed by atoms with Crippen molar-refractivity contribution in [3.05, 3.63) is 51.7 Å². The first kappa shape index (κ1) is 20.5. The third kappa shape index (κ3) is 4.58. The summed E-state index contributed by atoms with van der Waals surface area (Å²) in [5, 5.41) is 2.15. The Bertz CT molecular complexity index is 1150. The van der Waals surface area contributed by atoms with Crippen molar-refractivity contribution in [3.63, 3.8) is 0 Å². The molecule has 0 unspecified atom stereocenters. The molecule has 146 valence electrons.